The predicted molar refractivity (Wildman–Crippen MR) is 88.1 cm³/mol. The minimum atomic E-state index is -0.525. The average molecular weight is 385 g/mol. The molecule has 4 heterocycles. The van der Waals surface area contributed by atoms with Gasteiger partial charge in [-0.3, -0.25) is 9.78 Å². The van der Waals surface area contributed by atoms with Gasteiger partial charge in [-0.1, -0.05) is 0 Å². The molecule has 8 nitrogen and oxygen atoms in total. The number of hydrogen-bond donors (Lipinski definition) is 2. The van der Waals surface area contributed by atoms with Crippen molar-refractivity contribution in [1.82, 2.24) is 15.0 Å². The molecule has 0 fully saturated rings. The van der Waals surface area contributed by atoms with Gasteiger partial charge in [-0.15, -0.1) is 10.2 Å². The lowest BCUT2D eigenvalue weighted by Gasteiger charge is -1.93. The molecule has 0 radical (unpaired) electrons. The van der Waals surface area contributed by atoms with Gasteiger partial charge in [0.25, 0.3) is 5.91 Å². The molecule has 4 rings (SSSR count). The molecule has 3 aromatic rings. The lowest BCUT2D eigenvalue weighted by molar-refractivity contribution is -0.112. The lowest BCUT2D eigenvalue weighted by atomic mass is 10.3. The van der Waals surface area contributed by atoms with E-state index in [9.17, 15) is 9.90 Å². The zero-order chi connectivity index (χ0) is 16.8. The summed E-state index contributed by atoms with van der Waals surface area (Å²) in [6.45, 7) is 1.89. The molecule has 0 saturated heterocycles. The third kappa shape index (κ3) is 2.29. The summed E-state index contributed by atoms with van der Waals surface area (Å²) >= 11 is 3.30. The van der Waals surface area contributed by atoms with Crippen LogP contribution in [0.2, 0.25) is 0 Å². The zero-order valence-corrected chi connectivity index (χ0v) is 13.9. The van der Waals surface area contributed by atoms with E-state index < -0.39 is 5.91 Å². The number of hydrogen-bond acceptors (Lipinski definition) is 6. The first-order chi connectivity index (χ1) is 11.5. The summed E-state index contributed by atoms with van der Waals surface area (Å²) in [5.74, 6) is -0.690. The Bertz CT molecular complexity index is 1160. The normalized spacial score (nSPS) is 13.8. The maximum absolute atomic E-state index is 12.0. The molecular weight excluding hydrogens is 376 g/mol. The highest BCUT2D eigenvalue weighted by Crippen LogP contribution is 2.34. The van der Waals surface area contributed by atoms with E-state index in [1.807, 2.05) is 13.0 Å². The molecule has 0 aromatic carbocycles. The van der Waals surface area contributed by atoms with Crippen LogP contribution in [0.3, 0.4) is 0 Å². The highest BCUT2D eigenvalue weighted by atomic mass is 79.9. The van der Waals surface area contributed by atoms with Crippen LogP contribution in [0.4, 0.5) is 5.69 Å². The van der Waals surface area contributed by atoms with Crippen molar-refractivity contribution >= 4 is 44.3 Å². The van der Waals surface area contributed by atoms with Crippen molar-refractivity contribution in [3.05, 3.63) is 45.3 Å². The molecular formula is C15H9BrN6O2. The van der Waals surface area contributed by atoms with E-state index in [-0.39, 0.29) is 17.3 Å². The van der Waals surface area contributed by atoms with E-state index in [1.54, 1.807) is 18.5 Å². The second kappa shape index (κ2) is 5.31. The van der Waals surface area contributed by atoms with E-state index in [2.05, 4.69) is 46.1 Å². The van der Waals surface area contributed by atoms with Crippen molar-refractivity contribution < 1.29 is 9.90 Å². The minimum Gasteiger partial charge on any atom is -0.493 e. The molecule has 1 aliphatic heterocycles. The Morgan fingerprint density at radius 2 is 2.04 bits per heavy atom. The van der Waals surface area contributed by atoms with E-state index in [4.69, 9.17) is 0 Å². The topological polar surface area (TPSA) is 116 Å². The number of nitrogens with zero attached hydrogens (tertiary/aromatic N) is 5. The smallest absolute Gasteiger partial charge is 0.300 e. The predicted octanol–water partition coefficient (Wildman–Crippen LogP) is 1.79. The van der Waals surface area contributed by atoms with Gasteiger partial charge in [-0.05, 0) is 40.5 Å². The molecule has 0 atom stereocenters. The Hall–Kier alpha value is -2.94. The summed E-state index contributed by atoms with van der Waals surface area (Å²) in [5.41, 5.74) is 2.59. The van der Waals surface area contributed by atoms with Crippen LogP contribution >= 0.6 is 15.9 Å². The first-order valence-electron chi connectivity index (χ1n) is 6.91. The molecule has 0 bridgehead atoms. The van der Waals surface area contributed by atoms with Crippen molar-refractivity contribution in [3.63, 3.8) is 0 Å². The molecule has 0 spiro atoms. The van der Waals surface area contributed by atoms with Gasteiger partial charge in [-0.25, -0.2) is 4.98 Å². The fraction of sp³-hybridized carbons (Fsp3) is 0.0667. The van der Waals surface area contributed by atoms with Crippen molar-refractivity contribution in [1.29, 1.82) is 0 Å². The van der Waals surface area contributed by atoms with Crippen LogP contribution in [-0.4, -0.2) is 26.0 Å². The standard InChI is InChI=1S/C15H9BrN6O2/c1-6-2-9-11(17-4-6)12(15(24)19-9)22-21-10-8-3-7(16)5-18-13(8)20-14(10)23/h2-5,19,24H,1H3. The fourth-order valence-electron chi connectivity index (χ4n) is 2.40. The van der Waals surface area contributed by atoms with Gasteiger partial charge in [0.05, 0.1) is 10.7 Å². The Kier molecular flexibility index (Phi) is 3.24. The van der Waals surface area contributed by atoms with E-state index in [1.165, 1.54) is 0 Å². The van der Waals surface area contributed by atoms with Gasteiger partial charge >= 0.3 is 0 Å². The van der Waals surface area contributed by atoms with E-state index >= 15 is 0 Å². The summed E-state index contributed by atoms with van der Waals surface area (Å²) in [5, 5.41) is 18.5. The zero-order valence-electron chi connectivity index (χ0n) is 12.3. The SMILES string of the molecule is Cc1cnc2c(N=NC3=c4cc(Br)cnc4=NC3=O)c(O)[nH]c2c1. The largest absolute Gasteiger partial charge is 0.493 e. The molecule has 0 aliphatic carbocycles. The van der Waals surface area contributed by atoms with Crippen LogP contribution in [0.25, 0.3) is 16.7 Å². The quantitative estimate of drug-likeness (QED) is 0.654. The van der Waals surface area contributed by atoms with Gasteiger partial charge in [-0.2, -0.15) is 4.99 Å². The molecule has 2 N–H and O–H groups in total. The molecule has 3 aromatic heterocycles. The first kappa shape index (κ1) is 14.6. The Labute approximate surface area is 142 Å². The highest BCUT2D eigenvalue weighted by molar-refractivity contribution is 9.10. The number of aryl methyl sites for hydroxylation is 1. The van der Waals surface area contributed by atoms with E-state index in [0.717, 1.165) is 5.56 Å². The van der Waals surface area contributed by atoms with Crippen molar-refractivity contribution in [2.24, 2.45) is 15.2 Å². The number of fused-ring (bicyclic) bond motifs is 2. The summed E-state index contributed by atoms with van der Waals surface area (Å²) < 4.78 is 0.700. The first-order valence-corrected chi connectivity index (χ1v) is 7.70. The highest BCUT2D eigenvalue weighted by Gasteiger charge is 2.18. The van der Waals surface area contributed by atoms with Crippen LogP contribution < -0.4 is 10.7 Å². The maximum atomic E-state index is 12.0. The summed E-state index contributed by atoms with van der Waals surface area (Å²) in [4.78, 5) is 26.9. The second-order valence-electron chi connectivity index (χ2n) is 5.22. The number of halogens is 1. The van der Waals surface area contributed by atoms with Gasteiger partial charge in [0.2, 0.25) is 5.88 Å². The van der Waals surface area contributed by atoms with Crippen LogP contribution in [0.1, 0.15) is 5.56 Å². The Morgan fingerprint density at radius 3 is 2.88 bits per heavy atom. The number of rotatable bonds is 2. The van der Waals surface area contributed by atoms with Crippen LogP contribution in [0.5, 0.6) is 5.88 Å². The van der Waals surface area contributed by atoms with Gasteiger partial charge in [0.1, 0.15) is 5.52 Å². The number of nitrogens with one attached hydrogen (secondary N) is 1. The van der Waals surface area contributed by atoms with Crippen LogP contribution in [-0.2, 0) is 4.79 Å². The number of aromatic nitrogens is 3. The number of aromatic amines is 1. The summed E-state index contributed by atoms with van der Waals surface area (Å²) in [6, 6.07) is 3.53. The monoisotopic (exact) mass is 384 g/mol. The molecule has 118 valence electrons. The van der Waals surface area contributed by atoms with Crippen LogP contribution in [0.15, 0.2) is 44.2 Å². The fourth-order valence-corrected chi connectivity index (χ4v) is 2.73. The summed E-state index contributed by atoms with van der Waals surface area (Å²) in [6.07, 6.45) is 3.21. The molecule has 1 amide bonds. The maximum Gasteiger partial charge on any atom is 0.300 e. The van der Waals surface area contributed by atoms with E-state index in [0.29, 0.717) is 26.2 Å². The Morgan fingerprint density at radius 1 is 1.21 bits per heavy atom. The number of amides is 1. The molecule has 1 aliphatic rings. The molecule has 9 heteroatoms. The second-order valence-corrected chi connectivity index (χ2v) is 6.14. The van der Waals surface area contributed by atoms with Crippen LogP contribution in [0, 0.1) is 6.92 Å². The molecule has 0 saturated carbocycles. The molecule has 24 heavy (non-hydrogen) atoms. The number of aromatic hydroxyl groups is 1. The number of carbonyl (C=O) groups is 1. The average Bonchev–Trinajstić information content (AvgIpc) is 3.00. The van der Waals surface area contributed by atoms with Crippen molar-refractivity contribution in [2.75, 3.05) is 0 Å². The van der Waals surface area contributed by atoms with Gasteiger partial charge in [0.15, 0.2) is 16.9 Å². The number of pyridine rings is 2. The van der Waals surface area contributed by atoms with Gasteiger partial charge < -0.3 is 10.1 Å². The lowest BCUT2D eigenvalue weighted by Crippen LogP contribution is -2.25. The third-order valence-corrected chi connectivity index (χ3v) is 3.91. The minimum absolute atomic E-state index is 0.0691. The third-order valence-electron chi connectivity index (χ3n) is 3.47. The van der Waals surface area contributed by atoms with Crippen molar-refractivity contribution in [3.8, 4) is 5.88 Å². The van der Waals surface area contributed by atoms with Gasteiger partial charge in [0, 0.05) is 16.9 Å². The number of azo groups is 1. The Balaban J connectivity index is 1.87. The number of carbonyl (C=O) groups excluding carboxylic acids is 1. The molecule has 0 unspecified atom stereocenters. The summed E-state index contributed by atoms with van der Waals surface area (Å²) in [7, 11) is 0. The number of H-pyrrole nitrogens is 1. The van der Waals surface area contributed by atoms with Crippen molar-refractivity contribution in [2.45, 2.75) is 6.92 Å².